The normalized spacial score (nSPS) is 9.62. The zero-order chi connectivity index (χ0) is 14.4. The third kappa shape index (κ3) is 4.76. The zero-order valence-corrected chi connectivity index (χ0v) is 12.9. The van der Waals surface area contributed by atoms with Crippen LogP contribution in [0.4, 0.5) is 0 Å². The van der Waals surface area contributed by atoms with Gasteiger partial charge in [-0.1, -0.05) is 17.7 Å². The molecule has 0 saturated heterocycles. The average molecular weight is 307 g/mol. The molecule has 0 unspecified atom stereocenters. The molecule has 0 aliphatic rings. The van der Waals surface area contributed by atoms with E-state index in [9.17, 15) is 4.79 Å². The molecule has 1 aromatic carbocycles. The van der Waals surface area contributed by atoms with Gasteiger partial charge in [-0.2, -0.15) is 0 Å². The first-order valence-electron chi connectivity index (χ1n) is 6.52. The number of nitrogens with zero attached hydrogens (tertiary/aromatic N) is 1. The number of aryl methyl sites for hydroxylation is 1. The van der Waals surface area contributed by atoms with Gasteiger partial charge in [0.05, 0.1) is 7.11 Å². The highest BCUT2D eigenvalue weighted by Gasteiger charge is 2.06. The monoisotopic (exact) mass is 306 g/mol. The second-order valence-electron chi connectivity index (χ2n) is 4.56. The molecular formula is C16H19ClN2O2. The fraction of sp³-hybridized carbons (Fsp3) is 0.250. The Balaban J connectivity index is 0.00000220. The molecule has 1 N–H and O–H groups in total. The largest absolute Gasteiger partial charge is 0.496 e. The molecule has 0 fully saturated rings. The van der Waals surface area contributed by atoms with E-state index in [0.29, 0.717) is 12.1 Å². The standard InChI is InChI=1S/C16H18N2O2.ClH/c1-12-3-4-15(20-2)14(11-12)7-10-18-16(19)13-5-8-17-9-6-13;/h3-6,8-9,11H,7,10H2,1-2H3,(H,18,19);1H. The van der Waals surface area contributed by atoms with Gasteiger partial charge in [-0.25, -0.2) is 0 Å². The Bertz CT molecular complexity index is 588. The first-order chi connectivity index (χ1) is 9.70. The van der Waals surface area contributed by atoms with Gasteiger partial charge in [0.1, 0.15) is 5.75 Å². The van der Waals surface area contributed by atoms with Gasteiger partial charge in [-0.3, -0.25) is 9.78 Å². The molecule has 1 heterocycles. The molecule has 0 saturated carbocycles. The molecule has 1 amide bonds. The van der Waals surface area contributed by atoms with Crippen molar-refractivity contribution < 1.29 is 9.53 Å². The Hall–Kier alpha value is -2.07. The third-order valence-corrected chi connectivity index (χ3v) is 3.06. The number of methoxy groups -OCH3 is 1. The minimum Gasteiger partial charge on any atom is -0.496 e. The van der Waals surface area contributed by atoms with Crippen LogP contribution in [0.3, 0.4) is 0 Å². The summed E-state index contributed by atoms with van der Waals surface area (Å²) in [6, 6.07) is 9.44. The summed E-state index contributed by atoms with van der Waals surface area (Å²) in [5.41, 5.74) is 2.90. The Morgan fingerprint density at radius 2 is 1.95 bits per heavy atom. The Labute approximate surface area is 131 Å². The van der Waals surface area contributed by atoms with E-state index in [2.05, 4.69) is 16.4 Å². The van der Waals surface area contributed by atoms with Crippen LogP contribution >= 0.6 is 12.4 Å². The number of rotatable bonds is 5. The number of hydrogen-bond donors (Lipinski definition) is 1. The summed E-state index contributed by atoms with van der Waals surface area (Å²) in [7, 11) is 1.66. The summed E-state index contributed by atoms with van der Waals surface area (Å²) >= 11 is 0. The summed E-state index contributed by atoms with van der Waals surface area (Å²) < 4.78 is 5.32. The number of benzene rings is 1. The lowest BCUT2D eigenvalue weighted by Gasteiger charge is -2.10. The maximum Gasteiger partial charge on any atom is 0.251 e. The van der Waals surface area contributed by atoms with Crippen LogP contribution in [0.25, 0.3) is 0 Å². The van der Waals surface area contributed by atoms with Crippen molar-refractivity contribution in [1.82, 2.24) is 10.3 Å². The highest BCUT2D eigenvalue weighted by molar-refractivity contribution is 5.93. The lowest BCUT2D eigenvalue weighted by atomic mass is 10.1. The molecule has 0 spiro atoms. The number of amides is 1. The minimum atomic E-state index is -0.0842. The maximum atomic E-state index is 11.9. The van der Waals surface area contributed by atoms with Gasteiger partial charge in [0.15, 0.2) is 0 Å². The van der Waals surface area contributed by atoms with E-state index in [1.807, 2.05) is 19.1 Å². The highest BCUT2D eigenvalue weighted by atomic mass is 35.5. The molecule has 5 heteroatoms. The SMILES string of the molecule is COc1ccc(C)cc1CCNC(=O)c1ccncc1.Cl. The number of aromatic nitrogens is 1. The molecule has 1 aromatic heterocycles. The van der Waals surface area contributed by atoms with E-state index in [0.717, 1.165) is 17.7 Å². The van der Waals surface area contributed by atoms with Crippen molar-refractivity contribution in [3.05, 3.63) is 59.4 Å². The fourth-order valence-corrected chi connectivity index (χ4v) is 2.02. The van der Waals surface area contributed by atoms with Crippen LogP contribution in [0.15, 0.2) is 42.7 Å². The van der Waals surface area contributed by atoms with Crippen LogP contribution in [0.2, 0.25) is 0 Å². The number of carbonyl (C=O) groups excluding carboxylic acids is 1. The Morgan fingerprint density at radius 1 is 1.24 bits per heavy atom. The Kier molecular flexibility index (Phi) is 6.69. The fourth-order valence-electron chi connectivity index (χ4n) is 2.02. The van der Waals surface area contributed by atoms with Crippen molar-refractivity contribution in [2.24, 2.45) is 0 Å². The van der Waals surface area contributed by atoms with Gasteiger partial charge in [-0.15, -0.1) is 12.4 Å². The predicted molar refractivity (Wildman–Crippen MR) is 85.3 cm³/mol. The van der Waals surface area contributed by atoms with Crippen LogP contribution < -0.4 is 10.1 Å². The zero-order valence-electron chi connectivity index (χ0n) is 12.1. The molecule has 0 aliphatic heterocycles. The second kappa shape index (κ2) is 8.27. The van der Waals surface area contributed by atoms with Crippen LogP contribution in [-0.4, -0.2) is 24.5 Å². The van der Waals surface area contributed by atoms with E-state index < -0.39 is 0 Å². The highest BCUT2D eigenvalue weighted by Crippen LogP contribution is 2.19. The van der Waals surface area contributed by atoms with E-state index >= 15 is 0 Å². The number of carbonyl (C=O) groups is 1. The summed E-state index contributed by atoms with van der Waals surface area (Å²) in [5.74, 6) is 0.771. The van der Waals surface area contributed by atoms with E-state index in [1.54, 1.807) is 31.6 Å². The number of halogens is 1. The van der Waals surface area contributed by atoms with Gasteiger partial charge >= 0.3 is 0 Å². The van der Waals surface area contributed by atoms with Crippen molar-refractivity contribution in [2.75, 3.05) is 13.7 Å². The number of ether oxygens (including phenoxy) is 1. The first kappa shape index (κ1) is 17.0. The second-order valence-corrected chi connectivity index (χ2v) is 4.56. The topological polar surface area (TPSA) is 51.2 Å². The van der Waals surface area contributed by atoms with E-state index in [4.69, 9.17) is 4.74 Å². The van der Waals surface area contributed by atoms with Gasteiger partial charge in [-0.05, 0) is 37.1 Å². The van der Waals surface area contributed by atoms with Crippen molar-refractivity contribution in [3.8, 4) is 5.75 Å². The molecule has 2 rings (SSSR count). The van der Waals surface area contributed by atoms with Gasteiger partial charge in [0.25, 0.3) is 5.91 Å². The smallest absolute Gasteiger partial charge is 0.251 e. The van der Waals surface area contributed by atoms with Crippen LogP contribution in [0.1, 0.15) is 21.5 Å². The summed E-state index contributed by atoms with van der Waals surface area (Å²) in [4.78, 5) is 15.8. The molecule has 21 heavy (non-hydrogen) atoms. The number of hydrogen-bond acceptors (Lipinski definition) is 3. The van der Waals surface area contributed by atoms with Crippen molar-refractivity contribution in [2.45, 2.75) is 13.3 Å². The van der Waals surface area contributed by atoms with Gasteiger partial charge in [0.2, 0.25) is 0 Å². The molecular weight excluding hydrogens is 288 g/mol. The van der Waals surface area contributed by atoms with E-state index in [1.165, 1.54) is 5.56 Å². The van der Waals surface area contributed by atoms with Crippen molar-refractivity contribution in [1.29, 1.82) is 0 Å². The third-order valence-electron chi connectivity index (χ3n) is 3.06. The molecule has 4 nitrogen and oxygen atoms in total. The lowest BCUT2D eigenvalue weighted by molar-refractivity contribution is 0.0954. The van der Waals surface area contributed by atoms with Gasteiger partial charge in [0, 0.05) is 24.5 Å². The molecule has 0 bridgehead atoms. The Morgan fingerprint density at radius 3 is 2.62 bits per heavy atom. The van der Waals surface area contributed by atoms with Gasteiger partial charge < -0.3 is 10.1 Å². The predicted octanol–water partition coefficient (Wildman–Crippen LogP) is 2.79. The van der Waals surface area contributed by atoms with Crippen LogP contribution in [0, 0.1) is 6.92 Å². The van der Waals surface area contributed by atoms with Crippen molar-refractivity contribution >= 4 is 18.3 Å². The van der Waals surface area contributed by atoms with E-state index in [-0.39, 0.29) is 18.3 Å². The molecule has 2 aromatic rings. The number of pyridine rings is 1. The summed E-state index contributed by atoms with van der Waals surface area (Å²) in [6.07, 6.45) is 3.96. The average Bonchev–Trinajstić information content (AvgIpc) is 2.48. The minimum absolute atomic E-state index is 0. The summed E-state index contributed by atoms with van der Waals surface area (Å²) in [5, 5.41) is 2.90. The molecule has 112 valence electrons. The summed E-state index contributed by atoms with van der Waals surface area (Å²) in [6.45, 7) is 2.61. The van der Waals surface area contributed by atoms with Crippen LogP contribution in [0.5, 0.6) is 5.75 Å². The molecule has 0 aliphatic carbocycles. The number of nitrogens with one attached hydrogen (secondary N) is 1. The van der Waals surface area contributed by atoms with Crippen molar-refractivity contribution in [3.63, 3.8) is 0 Å². The lowest BCUT2D eigenvalue weighted by Crippen LogP contribution is -2.25. The van der Waals surface area contributed by atoms with Crippen LogP contribution in [-0.2, 0) is 6.42 Å². The maximum absolute atomic E-state index is 11.9. The molecule has 0 radical (unpaired) electrons. The molecule has 0 atom stereocenters. The first-order valence-corrected chi connectivity index (χ1v) is 6.52. The quantitative estimate of drug-likeness (QED) is 0.924.